The second-order valence-electron chi connectivity index (χ2n) is 8.03. The quantitative estimate of drug-likeness (QED) is 0.426. The lowest BCUT2D eigenvalue weighted by Gasteiger charge is -2.28. The number of carbonyl (C=O) groups excluding carboxylic acids is 1. The number of fused-ring (bicyclic) bond motifs is 1. The third-order valence-corrected chi connectivity index (χ3v) is 7.91. The third kappa shape index (κ3) is 4.47. The molecule has 1 aliphatic rings. The molecule has 1 aliphatic heterocycles. The minimum atomic E-state index is -3.30. The first-order chi connectivity index (χ1) is 16.4. The number of hydrogen-bond acceptors (Lipinski definition) is 5. The highest BCUT2D eigenvalue weighted by molar-refractivity contribution is 7.92. The predicted molar refractivity (Wildman–Crippen MR) is 135 cm³/mol. The topological polar surface area (TPSA) is 92.3 Å². The van der Waals surface area contributed by atoms with Gasteiger partial charge in [0.15, 0.2) is 0 Å². The highest BCUT2D eigenvalue weighted by atomic mass is 35.5. The van der Waals surface area contributed by atoms with Crippen molar-refractivity contribution in [3.63, 3.8) is 0 Å². The summed E-state index contributed by atoms with van der Waals surface area (Å²) in [4.78, 5) is 21.9. The summed E-state index contributed by atoms with van der Waals surface area (Å²) in [6, 6.07) is 19.3. The van der Waals surface area contributed by atoms with Crippen LogP contribution in [-0.4, -0.2) is 36.6 Å². The van der Waals surface area contributed by atoms with Crippen LogP contribution in [0.5, 0.6) is 0 Å². The Balaban J connectivity index is 1.36. The molecule has 4 aromatic rings. The Morgan fingerprint density at radius 1 is 0.971 bits per heavy atom. The van der Waals surface area contributed by atoms with Crippen LogP contribution in [0, 0.1) is 0 Å². The van der Waals surface area contributed by atoms with E-state index in [0.717, 1.165) is 17.5 Å². The molecule has 1 amide bonds. The number of anilines is 2. The minimum absolute atomic E-state index is 0.149. The van der Waals surface area contributed by atoms with Crippen LogP contribution in [0.15, 0.2) is 72.9 Å². The van der Waals surface area contributed by atoms with Gasteiger partial charge in [0.2, 0.25) is 10.0 Å². The Kier molecular flexibility index (Phi) is 5.93. The van der Waals surface area contributed by atoms with E-state index < -0.39 is 10.0 Å². The SMILES string of the molecule is O=C(Nc1ccc(Cl)c(-c2cnc3ccccc3n2)c1)c1ccc(N2CCCCS2(=O)=O)cc1. The highest BCUT2D eigenvalue weighted by Crippen LogP contribution is 2.30. The van der Waals surface area contributed by atoms with Gasteiger partial charge in [0.1, 0.15) is 0 Å². The van der Waals surface area contributed by atoms with E-state index in [4.69, 9.17) is 11.6 Å². The fraction of sp³-hybridized carbons (Fsp3) is 0.160. The average molecular weight is 493 g/mol. The molecule has 0 spiro atoms. The molecule has 0 aliphatic carbocycles. The van der Waals surface area contributed by atoms with E-state index in [1.54, 1.807) is 48.7 Å². The number of hydrogen-bond donors (Lipinski definition) is 1. The first kappa shape index (κ1) is 22.3. The number of benzene rings is 3. The van der Waals surface area contributed by atoms with Crippen molar-refractivity contribution >= 4 is 49.9 Å². The molecule has 1 fully saturated rings. The maximum Gasteiger partial charge on any atom is 0.255 e. The molecule has 9 heteroatoms. The molecular formula is C25H21ClN4O3S. The van der Waals surface area contributed by atoms with Crippen LogP contribution in [0.1, 0.15) is 23.2 Å². The van der Waals surface area contributed by atoms with Gasteiger partial charge >= 0.3 is 0 Å². The second kappa shape index (κ2) is 9.04. The van der Waals surface area contributed by atoms with E-state index in [0.29, 0.717) is 46.2 Å². The number of para-hydroxylation sites is 2. The van der Waals surface area contributed by atoms with Gasteiger partial charge in [-0.1, -0.05) is 23.7 Å². The van der Waals surface area contributed by atoms with Gasteiger partial charge in [-0.05, 0) is 67.4 Å². The van der Waals surface area contributed by atoms with E-state index in [-0.39, 0.29) is 11.7 Å². The van der Waals surface area contributed by atoms with E-state index in [9.17, 15) is 13.2 Å². The molecule has 5 rings (SSSR count). The standard InChI is InChI=1S/C25H21ClN4O3S/c26-21-12-9-18(15-20(21)24-16-27-22-5-1-2-6-23(22)29-24)28-25(31)17-7-10-19(11-8-17)30-13-3-4-14-34(30,32)33/h1-2,5-12,15-16H,3-4,13-14H2,(H,28,31). The molecule has 1 aromatic heterocycles. The minimum Gasteiger partial charge on any atom is -0.322 e. The van der Waals surface area contributed by atoms with Crippen LogP contribution in [0.25, 0.3) is 22.3 Å². The van der Waals surface area contributed by atoms with Gasteiger partial charge in [0.05, 0.1) is 39.4 Å². The van der Waals surface area contributed by atoms with Gasteiger partial charge < -0.3 is 5.32 Å². The van der Waals surface area contributed by atoms with Gasteiger partial charge in [-0.25, -0.2) is 13.4 Å². The summed E-state index contributed by atoms with van der Waals surface area (Å²) in [6.07, 6.45) is 3.15. The van der Waals surface area contributed by atoms with Gasteiger partial charge in [-0.3, -0.25) is 14.1 Å². The maximum absolute atomic E-state index is 12.8. The van der Waals surface area contributed by atoms with Crippen molar-refractivity contribution in [3.8, 4) is 11.3 Å². The van der Waals surface area contributed by atoms with Crippen molar-refractivity contribution in [2.75, 3.05) is 21.9 Å². The number of halogens is 1. The van der Waals surface area contributed by atoms with Crippen LogP contribution >= 0.6 is 11.6 Å². The zero-order valence-electron chi connectivity index (χ0n) is 18.1. The summed E-state index contributed by atoms with van der Waals surface area (Å²) in [5, 5.41) is 3.37. The third-order valence-electron chi connectivity index (χ3n) is 5.72. The number of amides is 1. The summed E-state index contributed by atoms with van der Waals surface area (Å²) >= 11 is 6.42. The van der Waals surface area contributed by atoms with Crippen LogP contribution in [0.3, 0.4) is 0 Å². The lowest BCUT2D eigenvalue weighted by Crippen LogP contribution is -2.37. The monoisotopic (exact) mass is 492 g/mol. The smallest absolute Gasteiger partial charge is 0.255 e. The molecule has 34 heavy (non-hydrogen) atoms. The Labute approximate surface area is 202 Å². The Bertz CT molecular complexity index is 1490. The van der Waals surface area contributed by atoms with Crippen LogP contribution < -0.4 is 9.62 Å². The number of sulfonamides is 1. The van der Waals surface area contributed by atoms with Crippen LogP contribution in [0.4, 0.5) is 11.4 Å². The molecular weight excluding hydrogens is 472 g/mol. The van der Waals surface area contributed by atoms with E-state index in [1.807, 2.05) is 24.3 Å². The fourth-order valence-electron chi connectivity index (χ4n) is 3.95. The number of aromatic nitrogens is 2. The van der Waals surface area contributed by atoms with Gasteiger partial charge in [0, 0.05) is 23.4 Å². The summed E-state index contributed by atoms with van der Waals surface area (Å²) < 4.78 is 26.0. The highest BCUT2D eigenvalue weighted by Gasteiger charge is 2.26. The zero-order chi connectivity index (χ0) is 23.7. The lowest BCUT2D eigenvalue weighted by molar-refractivity contribution is 0.102. The lowest BCUT2D eigenvalue weighted by atomic mass is 10.1. The molecule has 0 radical (unpaired) electrons. The van der Waals surface area contributed by atoms with Crippen LogP contribution in [0.2, 0.25) is 5.02 Å². The Hall–Kier alpha value is -3.49. The molecule has 7 nitrogen and oxygen atoms in total. The Morgan fingerprint density at radius 3 is 2.50 bits per heavy atom. The number of nitrogens with one attached hydrogen (secondary N) is 1. The predicted octanol–water partition coefficient (Wildman–Crippen LogP) is 5.13. The average Bonchev–Trinajstić information content (AvgIpc) is 2.85. The van der Waals surface area contributed by atoms with Crippen molar-refractivity contribution in [2.24, 2.45) is 0 Å². The van der Waals surface area contributed by atoms with Crippen LogP contribution in [-0.2, 0) is 10.0 Å². The number of carbonyl (C=O) groups is 1. The molecule has 0 bridgehead atoms. The van der Waals surface area contributed by atoms with E-state index in [2.05, 4.69) is 15.3 Å². The molecule has 172 valence electrons. The van der Waals surface area contributed by atoms with Crippen molar-refractivity contribution in [2.45, 2.75) is 12.8 Å². The molecule has 0 atom stereocenters. The zero-order valence-corrected chi connectivity index (χ0v) is 19.7. The van der Waals surface area contributed by atoms with Crippen molar-refractivity contribution < 1.29 is 13.2 Å². The summed E-state index contributed by atoms with van der Waals surface area (Å²) in [5.41, 5.74) is 4.34. The number of nitrogens with zero attached hydrogens (tertiary/aromatic N) is 3. The van der Waals surface area contributed by atoms with Crippen molar-refractivity contribution in [3.05, 3.63) is 83.5 Å². The van der Waals surface area contributed by atoms with Gasteiger partial charge in [0.25, 0.3) is 5.91 Å². The number of rotatable bonds is 4. The van der Waals surface area contributed by atoms with Gasteiger partial charge in [-0.15, -0.1) is 0 Å². The summed E-state index contributed by atoms with van der Waals surface area (Å²) in [7, 11) is -3.30. The van der Waals surface area contributed by atoms with Crippen molar-refractivity contribution in [1.29, 1.82) is 0 Å². The molecule has 0 unspecified atom stereocenters. The van der Waals surface area contributed by atoms with E-state index in [1.165, 1.54) is 4.31 Å². The first-order valence-corrected chi connectivity index (χ1v) is 12.8. The normalized spacial score (nSPS) is 15.3. The Morgan fingerprint density at radius 2 is 1.74 bits per heavy atom. The summed E-state index contributed by atoms with van der Waals surface area (Å²) in [6.45, 7) is 0.457. The summed E-state index contributed by atoms with van der Waals surface area (Å²) in [5.74, 6) is -0.165. The second-order valence-corrected chi connectivity index (χ2v) is 10.5. The van der Waals surface area contributed by atoms with Gasteiger partial charge in [-0.2, -0.15) is 0 Å². The molecule has 1 saturated heterocycles. The first-order valence-electron chi connectivity index (χ1n) is 10.8. The molecule has 2 heterocycles. The molecule has 0 saturated carbocycles. The molecule has 1 N–H and O–H groups in total. The fourth-order valence-corrected chi connectivity index (χ4v) is 5.80. The maximum atomic E-state index is 12.8. The van der Waals surface area contributed by atoms with E-state index >= 15 is 0 Å². The molecule has 3 aromatic carbocycles. The largest absolute Gasteiger partial charge is 0.322 e. The van der Waals surface area contributed by atoms with Crippen molar-refractivity contribution in [1.82, 2.24) is 9.97 Å².